The Morgan fingerprint density at radius 2 is 1.76 bits per heavy atom. The number of methoxy groups -OCH3 is 1. The normalized spacial score (nSPS) is 12.5. The summed E-state index contributed by atoms with van der Waals surface area (Å²) in [5.41, 5.74) is 0.112. The molecule has 0 spiro atoms. The van der Waals surface area contributed by atoms with Crippen molar-refractivity contribution in [2.24, 2.45) is 5.92 Å². The summed E-state index contributed by atoms with van der Waals surface area (Å²) in [5.74, 6) is -1.65. The Balaban J connectivity index is 2.15. The van der Waals surface area contributed by atoms with Crippen molar-refractivity contribution in [3.8, 4) is 5.75 Å². The van der Waals surface area contributed by atoms with Crippen LogP contribution in [0.25, 0.3) is 0 Å². The number of amides is 1. The van der Waals surface area contributed by atoms with Gasteiger partial charge in [0.1, 0.15) is 11.6 Å². The third-order valence-electron chi connectivity index (χ3n) is 3.85. The number of anilines is 1. The quantitative estimate of drug-likeness (QED) is 0.790. The van der Waals surface area contributed by atoms with Gasteiger partial charge in [0.15, 0.2) is 9.84 Å². The Morgan fingerprint density at radius 3 is 2.32 bits per heavy atom. The number of ether oxygens (including phenoxy) is 1. The van der Waals surface area contributed by atoms with E-state index >= 15 is 0 Å². The average molecular weight is 365 g/mol. The van der Waals surface area contributed by atoms with E-state index in [0.29, 0.717) is 5.75 Å². The maximum absolute atomic E-state index is 13.8. The van der Waals surface area contributed by atoms with Crippen molar-refractivity contribution in [3.63, 3.8) is 0 Å². The van der Waals surface area contributed by atoms with Gasteiger partial charge in [-0.25, -0.2) is 12.8 Å². The molecule has 134 valence electrons. The van der Waals surface area contributed by atoms with Gasteiger partial charge in [-0.1, -0.05) is 19.1 Å². The number of benzene rings is 2. The zero-order valence-electron chi connectivity index (χ0n) is 14.3. The minimum atomic E-state index is -3.65. The molecule has 0 saturated carbocycles. The van der Waals surface area contributed by atoms with E-state index in [1.165, 1.54) is 51.4 Å². The van der Waals surface area contributed by atoms with Gasteiger partial charge in [0.05, 0.1) is 23.4 Å². The Bertz CT molecular complexity index is 850. The van der Waals surface area contributed by atoms with Crippen molar-refractivity contribution < 1.29 is 22.3 Å². The van der Waals surface area contributed by atoms with Gasteiger partial charge in [0, 0.05) is 13.0 Å². The van der Waals surface area contributed by atoms with Crippen molar-refractivity contribution in [1.29, 1.82) is 0 Å². The Morgan fingerprint density at radius 1 is 1.16 bits per heavy atom. The fraction of sp³-hybridized carbons (Fsp3) is 0.278. The fourth-order valence-corrected chi connectivity index (χ4v) is 4.00. The largest absolute Gasteiger partial charge is 0.497 e. The molecule has 2 aromatic carbocycles. The summed E-state index contributed by atoms with van der Waals surface area (Å²) in [4.78, 5) is 13.7. The lowest BCUT2D eigenvalue weighted by Gasteiger charge is -2.22. The Hall–Kier alpha value is -2.41. The predicted octanol–water partition coefficient (Wildman–Crippen LogP) is 2.91. The molecule has 2 rings (SSSR count). The molecule has 1 atom stereocenters. The molecule has 7 heteroatoms. The number of hydrogen-bond donors (Lipinski definition) is 0. The lowest BCUT2D eigenvalue weighted by Crippen LogP contribution is -2.35. The van der Waals surface area contributed by atoms with Crippen LogP contribution in [0.2, 0.25) is 0 Å². The summed E-state index contributed by atoms with van der Waals surface area (Å²) < 4.78 is 43.8. The van der Waals surface area contributed by atoms with Crippen LogP contribution in [0.1, 0.15) is 6.92 Å². The van der Waals surface area contributed by atoms with Gasteiger partial charge < -0.3 is 9.64 Å². The molecule has 5 nitrogen and oxygen atoms in total. The van der Waals surface area contributed by atoms with Crippen molar-refractivity contribution in [3.05, 3.63) is 54.3 Å². The van der Waals surface area contributed by atoms with E-state index in [0.717, 1.165) is 4.90 Å². The zero-order valence-corrected chi connectivity index (χ0v) is 15.1. The molecule has 0 saturated heterocycles. The highest BCUT2D eigenvalue weighted by Gasteiger charge is 2.27. The number of carbonyl (C=O) groups is 1. The summed E-state index contributed by atoms with van der Waals surface area (Å²) in [6.45, 7) is 1.51. The van der Waals surface area contributed by atoms with Gasteiger partial charge in [-0.3, -0.25) is 4.79 Å². The predicted molar refractivity (Wildman–Crippen MR) is 94.0 cm³/mol. The van der Waals surface area contributed by atoms with Crippen LogP contribution in [0.5, 0.6) is 5.75 Å². The Kier molecular flexibility index (Phi) is 5.79. The van der Waals surface area contributed by atoms with Crippen LogP contribution in [-0.2, 0) is 14.6 Å². The third-order valence-corrected chi connectivity index (χ3v) is 5.78. The molecule has 0 aliphatic heterocycles. The molecule has 1 amide bonds. The minimum Gasteiger partial charge on any atom is -0.497 e. The molecule has 0 radical (unpaired) electrons. The first-order valence-corrected chi connectivity index (χ1v) is 9.30. The highest BCUT2D eigenvalue weighted by Crippen LogP contribution is 2.22. The maximum atomic E-state index is 13.8. The molecule has 0 bridgehead atoms. The second-order valence-corrected chi connectivity index (χ2v) is 7.74. The Labute approximate surface area is 147 Å². The van der Waals surface area contributed by atoms with E-state index in [2.05, 4.69) is 0 Å². The van der Waals surface area contributed by atoms with Crippen LogP contribution in [0.3, 0.4) is 0 Å². The molecule has 0 fully saturated rings. The number of nitrogens with zero attached hydrogens (tertiary/aromatic N) is 1. The van der Waals surface area contributed by atoms with Crippen LogP contribution in [0, 0.1) is 11.7 Å². The monoisotopic (exact) mass is 365 g/mol. The van der Waals surface area contributed by atoms with E-state index in [-0.39, 0.29) is 16.3 Å². The summed E-state index contributed by atoms with van der Waals surface area (Å²) in [6, 6.07) is 11.8. The molecular weight excluding hydrogens is 345 g/mol. The standard InChI is InChI=1S/C18H20FNO4S/c1-13(18(21)20(2)17-7-5-4-6-16(17)19)12-25(22,23)15-10-8-14(24-3)9-11-15/h4-11,13H,12H2,1-3H3. The van der Waals surface area contributed by atoms with Gasteiger partial charge in [-0.15, -0.1) is 0 Å². The highest BCUT2D eigenvalue weighted by atomic mass is 32.2. The number of hydrogen-bond acceptors (Lipinski definition) is 4. The summed E-state index contributed by atoms with van der Waals surface area (Å²) in [7, 11) is -0.735. The molecule has 0 N–H and O–H groups in total. The number of carbonyl (C=O) groups excluding carboxylic acids is 1. The van der Waals surface area contributed by atoms with E-state index in [1.54, 1.807) is 18.2 Å². The second-order valence-electron chi connectivity index (χ2n) is 5.71. The van der Waals surface area contributed by atoms with E-state index < -0.39 is 27.5 Å². The van der Waals surface area contributed by atoms with Gasteiger partial charge in [-0.2, -0.15) is 0 Å². The van der Waals surface area contributed by atoms with Gasteiger partial charge in [0.2, 0.25) is 5.91 Å². The molecule has 0 aliphatic rings. The van der Waals surface area contributed by atoms with Crippen molar-refractivity contribution in [2.45, 2.75) is 11.8 Å². The first-order chi connectivity index (χ1) is 11.8. The number of sulfone groups is 1. The average Bonchev–Trinajstić information content (AvgIpc) is 2.60. The summed E-state index contributed by atoms with van der Waals surface area (Å²) in [5, 5.41) is 0. The van der Waals surface area contributed by atoms with Crippen LogP contribution >= 0.6 is 0 Å². The third kappa shape index (κ3) is 4.36. The van der Waals surface area contributed by atoms with Crippen molar-refractivity contribution in [2.75, 3.05) is 24.8 Å². The van der Waals surface area contributed by atoms with Crippen molar-refractivity contribution >= 4 is 21.4 Å². The van der Waals surface area contributed by atoms with E-state index in [1.807, 2.05) is 0 Å². The van der Waals surface area contributed by atoms with Crippen LogP contribution in [0.15, 0.2) is 53.4 Å². The SMILES string of the molecule is COc1ccc(S(=O)(=O)CC(C)C(=O)N(C)c2ccccc2F)cc1. The van der Waals surface area contributed by atoms with Crippen LogP contribution in [0.4, 0.5) is 10.1 Å². The molecule has 0 aliphatic carbocycles. The maximum Gasteiger partial charge on any atom is 0.230 e. The number of halogens is 1. The summed E-state index contributed by atoms with van der Waals surface area (Å²) in [6.07, 6.45) is 0. The van der Waals surface area contributed by atoms with Crippen LogP contribution in [-0.4, -0.2) is 34.2 Å². The number of rotatable bonds is 6. The fourth-order valence-electron chi connectivity index (χ4n) is 2.45. The molecule has 0 aromatic heterocycles. The lowest BCUT2D eigenvalue weighted by molar-refractivity contribution is -0.121. The van der Waals surface area contributed by atoms with Crippen LogP contribution < -0.4 is 9.64 Å². The highest BCUT2D eigenvalue weighted by molar-refractivity contribution is 7.91. The molecule has 0 heterocycles. The minimum absolute atomic E-state index is 0.112. The van der Waals surface area contributed by atoms with Gasteiger partial charge >= 0.3 is 0 Å². The van der Waals surface area contributed by atoms with E-state index in [4.69, 9.17) is 4.74 Å². The number of para-hydroxylation sites is 1. The molecule has 25 heavy (non-hydrogen) atoms. The molecule has 2 aromatic rings. The molecule has 1 unspecified atom stereocenters. The topological polar surface area (TPSA) is 63.7 Å². The second kappa shape index (κ2) is 7.65. The van der Waals surface area contributed by atoms with Gasteiger partial charge in [0.25, 0.3) is 0 Å². The van der Waals surface area contributed by atoms with E-state index in [9.17, 15) is 17.6 Å². The zero-order chi connectivity index (χ0) is 18.6. The first kappa shape index (κ1) is 18.9. The first-order valence-electron chi connectivity index (χ1n) is 7.65. The van der Waals surface area contributed by atoms with Crippen molar-refractivity contribution in [1.82, 2.24) is 0 Å². The van der Waals surface area contributed by atoms with Gasteiger partial charge in [-0.05, 0) is 36.4 Å². The summed E-state index contributed by atoms with van der Waals surface area (Å²) >= 11 is 0. The molecular formula is C18H20FNO4S. The lowest BCUT2D eigenvalue weighted by atomic mass is 10.1. The smallest absolute Gasteiger partial charge is 0.230 e.